The molecule has 0 aliphatic heterocycles. The van der Waals surface area contributed by atoms with E-state index in [1.165, 1.54) is 5.56 Å². The zero-order valence-corrected chi connectivity index (χ0v) is 11.8. The minimum absolute atomic E-state index is 0.768. The quantitative estimate of drug-likeness (QED) is 0.810. The molecule has 0 aliphatic carbocycles. The zero-order valence-electron chi connectivity index (χ0n) is 11.8. The van der Waals surface area contributed by atoms with Crippen LogP contribution in [0.5, 0.6) is 11.5 Å². The summed E-state index contributed by atoms with van der Waals surface area (Å²) in [6.07, 6.45) is 4.73. The second-order valence-corrected chi connectivity index (χ2v) is 4.73. The van der Waals surface area contributed by atoms with Gasteiger partial charge >= 0.3 is 0 Å². The SMILES string of the molecule is CCCNCc1ccc(C)c(Oc2cnn(C)c2)c1. The average molecular weight is 259 g/mol. The van der Waals surface area contributed by atoms with Gasteiger partial charge in [0.05, 0.1) is 12.4 Å². The molecule has 19 heavy (non-hydrogen) atoms. The molecule has 4 heteroatoms. The van der Waals surface area contributed by atoms with Crippen LogP contribution in [0.3, 0.4) is 0 Å². The Morgan fingerprint density at radius 3 is 2.89 bits per heavy atom. The topological polar surface area (TPSA) is 39.1 Å². The fourth-order valence-electron chi connectivity index (χ4n) is 1.85. The first kappa shape index (κ1) is 13.6. The predicted molar refractivity (Wildman–Crippen MR) is 76.5 cm³/mol. The number of rotatable bonds is 6. The monoisotopic (exact) mass is 259 g/mol. The molecule has 1 heterocycles. The lowest BCUT2D eigenvalue weighted by Crippen LogP contribution is -2.13. The number of hydrogen-bond acceptors (Lipinski definition) is 3. The van der Waals surface area contributed by atoms with E-state index in [1.807, 2.05) is 13.2 Å². The molecule has 2 aromatic rings. The highest BCUT2D eigenvalue weighted by atomic mass is 16.5. The van der Waals surface area contributed by atoms with Crippen LogP contribution in [0.15, 0.2) is 30.6 Å². The van der Waals surface area contributed by atoms with Crippen molar-refractivity contribution in [1.82, 2.24) is 15.1 Å². The molecule has 0 bridgehead atoms. The Morgan fingerprint density at radius 2 is 2.21 bits per heavy atom. The maximum atomic E-state index is 5.87. The van der Waals surface area contributed by atoms with Gasteiger partial charge in [-0.2, -0.15) is 5.10 Å². The number of hydrogen-bond donors (Lipinski definition) is 1. The Bertz CT molecular complexity index is 534. The Hall–Kier alpha value is -1.81. The number of ether oxygens (including phenoxy) is 1. The van der Waals surface area contributed by atoms with Gasteiger partial charge in [-0.15, -0.1) is 0 Å². The molecule has 0 saturated carbocycles. The van der Waals surface area contributed by atoms with Crippen molar-refractivity contribution in [2.24, 2.45) is 7.05 Å². The van der Waals surface area contributed by atoms with E-state index in [1.54, 1.807) is 10.9 Å². The van der Waals surface area contributed by atoms with Crippen molar-refractivity contribution in [3.05, 3.63) is 41.7 Å². The molecule has 1 aromatic carbocycles. The highest BCUT2D eigenvalue weighted by Crippen LogP contribution is 2.25. The van der Waals surface area contributed by atoms with Crippen LogP contribution in [0.1, 0.15) is 24.5 Å². The maximum Gasteiger partial charge on any atom is 0.165 e. The number of nitrogens with one attached hydrogen (secondary N) is 1. The van der Waals surface area contributed by atoms with E-state index in [9.17, 15) is 0 Å². The molecular formula is C15H21N3O. The van der Waals surface area contributed by atoms with Crippen LogP contribution in [-0.2, 0) is 13.6 Å². The Labute approximate surface area is 114 Å². The van der Waals surface area contributed by atoms with Gasteiger partial charge in [0.25, 0.3) is 0 Å². The highest BCUT2D eigenvalue weighted by molar-refractivity contribution is 5.39. The van der Waals surface area contributed by atoms with Gasteiger partial charge in [-0.1, -0.05) is 19.1 Å². The molecule has 0 spiro atoms. The standard InChI is InChI=1S/C15H21N3O/c1-4-7-16-9-13-6-5-12(2)15(8-13)19-14-10-17-18(3)11-14/h5-6,8,10-11,16H,4,7,9H2,1-3H3. The van der Waals surface area contributed by atoms with E-state index in [0.29, 0.717) is 0 Å². The van der Waals surface area contributed by atoms with Gasteiger partial charge in [0.1, 0.15) is 5.75 Å². The first-order valence-corrected chi connectivity index (χ1v) is 6.66. The van der Waals surface area contributed by atoms with Gasteiger partial charge in [-0.3, -0.25) is 4.68 Å². The van der Waals surface area contributed by atoms with E-state index >= 15 is 0 Å². The van der Waals surface area contributed by atoms with Crippen molar-refractivity contribution in [3.8, 4) is 11.5 Å². The lowest BCUT2D eigenvalue weighted by atomic mass is 10.1. The molecule has 2 rings (SSSR count). The number of aryl methyl sites for hydroxylation is 2. The fourth-order valence-corrected chi connectivity index (χ4v) is 1.85. The van der Waals surface area contributed by atoms with Crippen LogP contribution < -0.4 is 10.1 Å². The van der Waals surface area contributed by atoms with E-state index < -0.39 is 0 Å². The third kappa shape index (κ3) is 3.83. The summed E-state index contributed by atoms with van der Waals surface area (Å²) in [7, 11) is 1.88. The fraction of sp³-hybridized carbons (Fsp3) is 0.400. The summed E-state index contributed by atoms with van der Waals surface area (Å²) in [5, 5.41) is 7.50. The van der Waals surface area contributed by atoms with Crippen molar-refractivity contribution in [2.75, 3.05) is 6.54 Å². The van der Waals surface area contributed by atoms with Gasteiger partial charge in [0, 0.05) is 13.6 Å². The third-order valence-corrected chi connectivity index (χ3v) is 2.92. The molecule has 1 N–H and O–H groups in total. The maximum absolute atomic E-state index is 5.87. The van der Waals surface area contributed by atoms with Crippen LogP contribution in [0, 0.1) is 6.92 Å². The van der Waals surface area contributed by atoms with Crippen LogP contribution >= 0.6 is 0 Å². The molecule has 1 aromatic heterocycles. The van der Waals surface area contributed by atoms with Crippen molar-refractivity contribution < 1.29 is 4.74 Å². The molecule has 0 saturated heterocycles. The largest absolute Gasteiger partial charge is 0.454 e. The first-order chi connectivity index (χ1) is 9.19. The minimum Gasteiger partial charge on any atom is -0.454 e. The van der Waals surface area contributed by atoms with Crippen LogP contribution in [0.25, 0.3) is 0 Å². The summed E-state index contributed by atoms with van der Waals surface area (Å²) < 4.78 is 7.60. The van der Waals surface area contributed by atoms with E-state index in [-0.39, 0.29) is 0 Å². The normalized spacial score (nSPS) is 10.7. The molecule has 0 aliphatic rings. The van der Waals surface area contributed by atoms with Gasteiger partial charge in [-0.25, -0.2) is 0 Å². The molecule has 102 valence electrons. The Balaban J connectivity index is 2.08. The van der Waals surface area contributed by atoms with Gasteiger partial charge < -0.3 is 10.1 Å². The van der Waals surface area contributed by atoms with Crippen LogP contribution in [-0.4, -0.2) is 16.3 Å². The smallest absolute Gasteiger partial charge is 0.165 e. The molecule has 0 amide bonds. The van der Waals surface area contributed by atoms with E-state index in [2.05, 4.69) is 42.5 Å². The summed E-state index contributed by atoms with van der Waals surface area (Å²) >= 11 is 0. The molecule has 0 atom stereocenters. The van der Waals surface area contributed by atoms with Gasteiger partial charge in [0.2, 0.25) is 0 Å². The lowest BCUT2D eigenvalue weighted by Gasteiger charge is -2.10. The van der Waals surface area contributed by atoms with E-state index in [0.717, 1.165) is 36.6 Å². The Morgan fingerprint density at radius 1 is 1.37 bits per heavy atom. The third-order valence-electron chi connectivity index (χ3n) is 2.92. The summed E-state index contributed by atoms with van der Waals surface area (Å²) in [6, 6.07) is 6.31. The van der Waals surface area contributed by atoms with E-state index in [4.69, 9.17) is 4.74 Å². The number of aromatic nitrogens is 2. The minimum atomic E-state index is 0.768. The van der Waals surface area contributed by atoms with Crippen molar-refractivity contribution in [3.63, 3.8) is 0 Å². The zero-order chi connectivity index (χ0) is 13.7. The lowest BCUT2D eigenvalue weighted by molar-refractivity contribution is 0.477. The summed E-state index contributed by atoms with van der Waals surface area (Å²) in [6.45, 7) is 6.12. The van der Waals surface area contributed by atoms with Crippen LogP contribution in [0.4, 0.5) is 0 Å². The summed E-state index contributed by atoms with van der Waals surface area (Å²) in [5.41, 5.74) is 2.36. The first-order valence-electron chi connectivity index (χ1n) is 6.66. The number of benzene rings is 1. The molecular weight excluding hydrogens is 238 g/mol. The van der Waals surface area contributed by atoms with Crippen molar-refractivity contribution in [1.29, 1.82) is 0 Å². The van der Waals surface area contributed by atoms with Crippen molar-refractivity contribution >= 4 is 0 Å². The second-order valence-electron chi connectivity index (χ2n) is 4.73. The molecule has 0 unspecified atom stereocenters. The van der Waals surface area contributed by atoms with Crippen molar-refractivity contribution in [2.45, 2.75) is 26.8 Å². The van der Waals surface area contributed by atoms with Gasteiger partial charge in [-0.05, 0) is 37.1 Å². The highest BCUT2D eigenvalue weighted by Gasteiger charge is 2.04. The molecule has 0 fully saturated rings. The summed E-state index contributed by atoms with van der Waals surface area (Å²) in [4.78, 5) is 0. The Kier molecular flexibility index (Phi) is 4.58. The summed E-state index contributed by atoms with van der Waals surface area (Å²) in [5.74, 6) is 1.66. The predicted octanol–water partition coefficient (Wildman–Crippen LogP) is 3.02. The molecule has 4 nitrogen and oxygen atoms in total. The van der Waals surface area contributed by atoms with Crippen LogP contribution in [0.2, 0.25) is 0 Å². The molecule has 0 radical (unpaired) electrons. The second kappa shape index (κ2) is 6.38. The van der Waals surface area contributed by atoms with Gasteiger partial charge in [0.15, 0.2) is 5.75 Å². The number of nitrogens with zero attached hydrogens (tertiary/aromatic N) is 2. The average Bonchev–Trinajstić information content (AvgIpc) is 2.79.